The third-order valence-corrected chi connectivity index (χ3v) is 2.08. The predicted molar refractivity (Wildman–Crippen MR) is 72.3 cm³/mol. The number of carbonyl (C=O) groups excluding carboxylic acids is 1. The summed E-state index contributed by atoms with van der Waals surface area (Å²) in [5.74, 6) is 0. The van der Waals surface area contributed by atoms with E-state index in [2.05, 4.69) is 5.43 Å². The number of hydrazine groups is 1. The van der Waals surface area contributed by atoms with Crippen LogP contribution in [0.25, 0.3) is 0 Å². The standard InChI is InChI=1S/C11H18N4O.ClH/c1-14(2)8-9-15(13-11(12)16)10-6-4-3-5-7-10;/h3-7H,8-9H2,1-2H3,(H3,12,13,16);1H. The number of anilines is 1. The molecular weight excluding hydrogens is 240 g/mol. The largest absolute Gasteiger partial charge is 0.350 e. The number of likely N-dealkylation sites (N-methyl/N-ethyl adjacent to an activating group) is 1. The molecule has 1 rings (SSSR count). The molecule has 0 saturated carbocycles. The Bertz CT molecular complexity index is 332. The Labute approximate surface area is 108 Å². The molecule has 0 atom stereocenters. The van der Waals surface area contributed by atoms with Crippen LogP contribution < -0.4 is 16.2 Å². The van der Waals surface area contributed by atoms with Crippen LogP contribution in [0.15, 0.2) is 30.3 Å². The molecule has 0 bridgehead atoms. The number of hydrogen-bond donors (Lipinski definition) is 2. The summed E-state index contributed by atoms with van der Waals surface area (Å²) in [6.45, 7) is 1.51. The molecule has 3 N–H and O–H groups in total. The molecule has 0 saturated heterocycles. The number of nitrogens with zero attached hydrogens (tertiary/aromatic N) is 2. The first-order valence-corrected chi connectivity index (χ1v) is 5.13. The van der Waals surface area contributed by atoms with Crippen LogP contribution in [0.5, 0.6) is 0 Å². The highest BCUT2D eigenvalue weighted by Crippen LogP contribution is 2.10. The van der Waals surface area contributed by atoms with Gasteiger partial charge in [0.05, 0.1) is 12.2 Å². The van der Waals surface area contributed by atoms with Gasteiger partial charge in [0.1, 0.15) is 0 Å². The van der Waals surface area contributed by atoms with Crippen molar-refractivity contribution in [3.63, 3.8) is 0 Å². The van der Waals surface area contributed by atoms with E-state index in [1.165, 1.54) is 0 Å². The normalized spacial score (nSPS) is 9.59. The SMILES string of the molecule is CN(C)CCN(NC(N)=O)c1ccccc1.Cl. The summed E-state index contributed by atoms with van der Waals surface area (Å²) >= 11 is 0. The van der Waals surface area contributed by atoms with Crippen molar-refractivity contribution < 1.29 is 4.79 Å². The number of rotatable bonds is 5. The van der Waals surface area contributed by atoms with Crippen LogP contribution in [0.2, 0.25) is 0 Å². The number of nitrogens with one attached hydrogen (secondary N) is 1. The molecule has 0 aliphatic carbocycles. The predicted octanol–water partition coefficient (Wildman–Crippen LogP) is 1.06. The van der Waals surface area contributed by atoms with Crippen molar-refractivity contribution in [1.29, 1.82) is 0 Å². The molecule has 1 aromatic rings. The minimum absolute atomic E-state index is 0. The van der Waals surface area contributed by atoms with Crippen LogP contribution in [-0.2, 0) is 0 Å². The first-order valence-electron chi connectivity index (χ1n) is 5.13. The molecule has 5 nitrogen and oxygen atoms in total. The Morgan fingerprint density at radius 2 is 1.82 bits per heavy atom. The van der Waals surface area contributed by atoms with Crippen molar-refractivity contribution in [1.82, 2.24) is 10.3 Å². The highest BCUT2D eigenvalue weighted by Gasteiger charge is 2.07. The van der Waals surface area contributed by atoms with E-state index >= 15 is 0 Å². The Hall–Kier alpha value is -1.46. The van der Waals surface area contributed by atoms with Crippen LogP contribution >= 0.6 is 12.4 Å². The molecule has 0 aliphatic rings. The quantitative estimate of drug-likeness (QED) is 0.777. The highest BCUT2D eigenvalue weighted by molar-refractivity contribution is 5.85. The number of benzene rings is 1. The second-order valence-corrected chi connectivity index (χ2v) is 3.77. The lowest BCUT2D eigenvalue weighted by Gasteiger charge is -2.25. The van der Waals surface area contributed by atoms with Gasteiger partial charge in [-0.05, 0) is 26.2 Å². The topological polar surface area (TPSA) is 61.6 Å². The van der Waals surface area contributed by atoms with Gasteiger partial charge >= 0.3 is 6.03 Å². The van der Waals surface area contributed by atoms with Crippen LogP contribution in [-0.4, -0.2) is 38.1 Å². The molecule has 0 spiro atoms. The maximum absolute atomic E-state index is 10.9. The number of para-hydroxylation sites is 1. The average molecular weight is 259 g/mol. The molecule has 1 aromatic carbocycles. The van der Waals surface area contributed by atoms with E-state index in [4.69, 9.17) is 5.73 Å². The van der Waals surface area contributed by atoms with E-state index in [-0.39, 0.29) is 12.4 Å². The Balaban J connectivity index is 0.00000256. The highest BCUT2D eigenvalue weighted by atomic mass is 35.5. The number of hydrogen-bond acceptors (Lipinski definition) is 3. The molecule has 0 radical (unpaired) electrons. The molecule has 0 aromatic heterocycles. The molecule has 96 valence electrons. The van der Waals surface area contributed by atoms with E-state index in [1.54, 1.807) is 5.01 Å². The van der Waals surface area contributed by atoms with Crippen molar-refractivity contribution in [2.24, 2.45) is 5.73 Å². The van der Waals surface area contributed by atoms with Crippen LogP contribution in [0.3, 0.4) is 0 Å². The molecule has 17 heavy (non-hydrogen) atoms. The summed E-state index contributed by atoms with van der Waals surface area (Å²) in [6, 6.07) is 9.05. The van der Waals surface area contributed by atoms with Crippen molar-refractivity contribution in [2.45, 2.75) is 0 Å². The van der Waals surface area contributed by atoms with Gasteiger partial charge in [-0.25, -0.2) is 10.2 Å². The molecule has 0 unspecified atom stereocenters. The molecular formula is C11H19ClN4O. The van der Waals surface area contributed by atoms with Gasteiger partial charge in [0, 0.05) is 6.54 Å². The lowest BCUT2D eigenvalue weighted by Crippen LogP contribution is -2.47. The Morgan fingerprint density at radius 3 is 2.29 bits per heavy atom. The lowest BCUT2D eigenvalue weighted by atomic mass is 10.3. The zero-order chi connectivity index (χ0) is 12.0. The van der Waals surface area contributed by atoms with Gasteiger partial charge in [-0.2, -0.15) is 0 Å². The number of amides is 2. The van der Waals surface area contributed by atoms with Gasteiger partial charge in [-0.3, -0.25) is 5.01 Å². The zero-order valence-electron chi connectivity index (χ0n) is 10.1. The van der Waals surface area contributed by atoms with Crippen LogP contribution in [0, 0.1) is 0 Å². The van der Waals surface area contributed by atoms with Gasteiger partial charge < -0.3 is 10.6 Å². The molecule has 0 aliphatic heterocycles. The molecule has 0 heterocycles. The number of carbonyl (C=O) groups is 1. The Morgan fingerprint density at radius 1 is 1.24 bits per heavy atom. The van der Waals surface area contributed by atoms with Crippen LogP contribution in [0.4, 0.5) is 10.5 Å². The fourth-order valence-electron chi connectivity index (χ4n) is 1.29. The second-order valence-electron chi connectivity index (χ2n) is 3.77. The summed E-state index contributed by atoms with van der Waals surface area (Å²) in [7, 11) is 3.96. The summed E-state index contributed by atoms with van der Waals surface area (Å²) in [5, 5.41) is 1.74. The van der Waals surface area contributed by atoms with E-state index in [1.807, 2.05) is 49.3 Å². The summed E-state index contributed by atoms with van der Waals surface area (Å²) in [6.07, 6.45) is 0. The van der Waals surface area contributed by atoms with E-state index < -0.39 is 6.03 Å². The Kier molecular flexibility index (Phi) is 7.09. The number of nitrogens with two attached hydrogens (primary N) is 1. The minimum atomic E-state index is -0.553. The third-order valence-electron chi connectivity index (χ3n) is 2.08. The number of urea groups is 1. The summed E-state index contributed by atoms with van der Waals surface area (Å²) in [4.78, 5) is 12.9. The van der Waals surface area contributed by atoms with Gasteiger partial charge in [0.2, 0.25) is 0 Å². The molecule has 2 amide bonds. The van der Waals surface area contributed by atoms with E-state index in [0.717, 1.165) is 12.2 Å². The van der Waals surface area contributed by atoms with Crippen molar-refractivity contribution >= 4 is 24.1 Å². The third kappa shape index (κ3) is 5.99. The lowest BCUT2D eigenvalue weighted by molar-refractivity contribution is 0.247. The maximum atomic E-state index is 10.9. The maximum Gasteiger partial charge on any atom is 0.330 e. The first-order chi connectivity index (χ1) is 7.59. The van der Waals surface area contributed by atoms with Gasteiger partial charge in [-0.1, -0.05) is 18.2 Å². The van der Waals surface area contributed by atoms with Gasteiger partial charge in [0.15, 0.2) is 0 Å². The molecule has 0 fully saturated rings. The van der Waals surface area contributed by atoms with Crippen LogP contribution in [0.1, 0.15) is 0 Å². The van der Waals surface area contributed by atoms with E-state index in [9.17, 15) is 4.79 Å². The second kappa shape index (κ2) is 7.76. The van der Waals surface area contributed by atoms with Crippen molar-refractivity contribution in [3.8, 4) is 0 Å². The van der Waals surface area contributed by atoms with Crippen molar-refractivity contribution in [3.05, 3.63) is 30.3 Å². The monoisotopic (exact) mass is 258 g/mol. The summed E-state index contributed by atoms with van der Waals surface area (Å²) in [5.41, 5.74) is 8.65. The smallest absolute Gasteiger partial charge is 0.330 e. The minimum Gasteiger partial charge on any atom is -0.350 e. The van der Waals surface area contributed by atoms with Crippen molar-refractivity contribution in [2.75, 3.05) is 32.2 Å². The number of halogens is 1. The summed E-state index contributed by atoms with van der Waals surface area (Å²) < 4.78 is 0. The number of primary amides is 1. The van der Waals surface area contributed by atoms with Gasteiger partial charge in [-0.15, -0.1) is 12.4 Å². The van der Waals surface area contributed by atoms with Gasteiger partial charge in [0.25, 0.3) is 0 Å². The fraction of sp³-hybridized carbons (Fsp3) is 0.364. The molecule has 6 heteroatoms. The fourth-order valence-corrected chi connectivity index (χ4v) is 1.29. The van der Waals surface area contributed by atoms with E-state index in [0.29, 0.717) is 6.54 Å². The zero-order valence-corrected chi connectivity index (χ0v) is 10.9. The average Bonchev–Trinajstić information content (AvgIpc) is 2.25. The first kappa shape index (κ1) is 15.5.